The monoisotopic (exact) mass is 566 g/mol. The number of hydrogen-bond acceptors (Lipinski definition) is 4. The summed E-state index contributed by atoms with van der Waals surface area (Å²) < 4.78 is 38.7. The molecular formula is C23H37F2IN4O2. The third kappa shape index (κ3) is 7.78. The first kappa shape index (κ1) is 27.2. The van der Waals surface area contributed by atoms with Crippen molar-refractivity contribution >= 4 is 29.9 Å². The second-order valence-electron chi connectivity index (χ2n) is 8.24. The highest BCUT2D eigenvalue weighted by molar-refractivity contribution is 14.0. The van der Waals surface area contributed by atoms with Gasteiger partial charge in [0.1, 0.15) is 11.6 Å². The summed E-state index contributed by atoms with van der Waals surface area (Å²) in [6.45, 7) is 9.30. The normalized spacial score (nSPS) is 20.8. The number of benzene rings is 1. The highest BCUT2D eigenvalue weighted by atomic mass is 127. The van der Waals surface area contributed by atoms with Gasteiger partial charge in [-0.25, -0.2) is 8.78 Å². The van der Waals surface area contributed by atoms with Crippen LogP contribution in [-0.2, 0) is 9.47 Å². The summed E-state index contributed by atoms with van der Waals surface area (Å²) in [5.74, 6) is 0.445. The predicted molar refractivity (Wildman–Crippen MR) is 134 cm³/mol. The molecule has 0 spiro atoms. The molecule has 2 saturated heterocycles. The van der Waals surface area contributed by atoms with Gasteiger partial charge in [0.05, 0.1) is 13.2 Å². The van der Waals surface area contributed by atoms with Gasteiger partial charge in [0.15, 0.2) is 5.96 Å². The van der Waals surface area contributed by atoms with Crippen molar-refractivity contribution in [3.8, 4) is 0 Å². The Balaban J connectivity index is 0.00000363. The lowest BCUT2D eigenvalue weighted by molar-refractivity contribution is 0.0885. The minimum Gasteiger partial charge on any atom is -0.381 e. The van der Waals surface area contributed by atoms with Crippen LogP contribution in [0.4, 0.5) is 8.78 Å². The number of hydrogen-bond donors (Lipinski definition) is 1. The lowest BCUT2D eigenvalue weighted by Crippen LogP contribution is -2.53. The molecule has 0 saturated carbocycles. The molecule has 2 fully saturated rings. The molecule has 0 aliphatic carbocycles. The summed E-state index contributed by atoms with van der Waals surface area (Å²) in [6, 6.07) is 3.85. The lowest BCUT2D eigenvalue weighted by Gasteiger charge is -2.40. The number of ether oxygens (including phenoxy) is 2. The first-order valence-electron chi connectivity index (χ1n) is 11.4. The van der Waals surface area contributed by atoms with Crippen molar-refractivity contribution in [3.05, 3.63) is 35.4 Å². The molecule has 2 aliphatic rings. The summed E-state index contributed by atoms with van der Waals surface area (Å²) in [6.07, 6.45) is 2.81. The Morgan fingerprint density at radius 1 is 1.28 bits per heavy atom. The van der Waals surface area contributed by atoms with E-state index in [4.69, 9.17) is 9.47 Å². The summed E-state index contributed by atoms with van der Waals surface area (Å²) in [7, 11) is 1.80. The van der Waals surface area contributed by atoms with Gasteiger partial charge in [0.2, 0.25) is 0 Å². The van der Waals surface area contributed by atoms with Gasteiger partial charge < -0.3 is 19.7 Å². The Kier molecular flexibility index (Phi) is 12.1. The molecule has 2 atom stereocenters. The van der Waals surface area contributed by atoms with Gasteiger partial charge in [0, 0.05) is 76.6 Å². The minimum absolute atomic E-state index is 0. The smallest absolute Gasteiger partial charge is 0.193 e. The quantitative estimate of drug-likeness (QED) is 0.214. The Bertz CT molecular complexity index is 711. The van der Waals surface area contributed by atoms with Crippen LogP contribution in [0.1, 0.15) is 37.8 Å². The van der Waals surface area contributed by atoms with Gasteiger partial charge in [0.25, 0.3) is 0 Å². The Labute approximate surface area is 207 Å². The maximum Gasteiger partial charge on any atom is 0.193 e. The number of rotatable bonds is 9. The van der Waals surface area contributed by atoms with Crippen molar-refractivity contribution in [2.75, 3.05) is 66.2 Å². The Hall–Kier alpha value is -1.04. The van der Waals surface area contributed by atoms with Crippen molar-refractivity contribution in [1.29, 1.82) is 0 Å². The van der Waals surface area contributed by atoms with E-state index in [2.05, 4.69) is 20.1 Å². The van der Waals surface area contributed by atoms with Crippen LogP contribution in [0, 0.1) is 17.6 Å². The molecule has 0 radical (unpaired) electrons. The van der Waals surface area contributed by atoms with Crippen molar-refractivity contribution in [1.82, 2.24) is 15.1 Å². The Morgan fingerprint density at radius 3 is 2.69 bits per heavy atom. The molecule has 1 aromatic carbocycles. The molecule has 2 unspecified atom stereocenters. The van der Waals surface area contributed by atoms with E-state index >= 15 is 0 Å². The molecule has 1 aromatic rings. The van der Waals surface area contributed by atoms with Crippen LogP contribution in [0.3, 0.4) is 0 Å². The molecule has 0 bridgehead atoms. The van der Waals surface area contributed by atoms with Crippen LogP contribution in [-0.4, -0.2) is 82.0 Å². The highest BCUT2D eigenvalue weighted by Crippen LogP contribution is 2.28. The topological polar surface area (TPSA) is 49.3 Å². The fourth-order valence-corrected chi connectivity index (χ4v) is 4.36. The van der Waals surface area contributed by atoms with E-state index in [1.807, 2.05) is 6.92 Å². The summed E-state index contributed by atoms with van der Waals surface area (Å²) in [4.78, 5) is 8.93. The maximum absolute atomic E-state index is 14.3. The fourth-order valence-electron chi connectivity index (χ4n) is 4.36. The number of aliphatic imine (C=N–C) groups is 1. The lowest BCUT2D eigenvalue weighted by atomic mass is 10.0. The van der Waals surface area contributed by atoms with E-state index in [1.165, 1.54) is 6.07 Å². The number of guanidine groups is 1. The van der Waals surface area contributed by atoms with Crippen molar-refractivity contribution in [2.45, 2.75) is 32.2 Å². The Morgan fingerprint density at radius 2 is 2.06 bits per heavy atom. The summed E-state index contributed by atoms with van der Waals surface area (Å²) in [5.41, 5.74) is 0.573. The molecule has 3 rings (SSSR count). The molecular weight excluding hydrogens is 529 g/mol. The largest absolute Gasteiger partial charge is 0.381 e. The second kappa shape index (κ2) is 14.3. The van der Waals surface area contributed by atoms with E-state index in [0.29, 0.717) is 11.5 Å². The van der Waals surface area contributed by atoms with Gasteiger partial charge in [-0.2, -0.15) is 0 Å². The number of halogens is 3. The number of nitrogens with zero attached hydrogens (tertiary/aromatic N) is 3. The minimum atomic E-state index is -0.534. The van der Waals surface area contributed by atoms with Crippen molar-refractivity contribution in [3.63, 3.8) is 0 Å². The molecule has 2 heterocycles. The summed E-state index contributed by atoms with van der Waals surface area (Å²) in [5, 5.41) is 3.42. The van der Waals surface area contributed by atoms with Crippen molar-refractivity contribution < 1.29 is 18.3 Å². The van der Waals surface area contributed by atoms with Gasteiger partial charge in [-0.3, -0.25) is 9.89 Å². The van der Waals surface area contributed by atoms with Gasteiger partial charge in [-0.15, -0.1) is 24.0 Å². The van der Waals surface area contributed by atoms with Gasteiger partial charge in [-0.1, -0.05) is 13.0 Å². The van der Waals surface area contributed by atoms with Crippen LogP contribution < -0.4 is 5.32 Å². The van der Waals surface area contributed by atoms with Crippen LogP contribution in [0.25, 0.3) is 0 Å². The van der Waals surface area contributed by atoms with Gasteiger partial charge in [-0.05, 0) is 25.3 Å². The zero-order valence-electron chi connectivity index (χ0n) is 19.2. The van der Waals surface area contributed by atoms with Crippen LogP contribution in [0.15, 0.2) is 23.2 Å². The van der Waals surface area contributed by atoms with E-state index < -0.39 is 11.6 Å². The molecule has 6 nitrogen and oxygen atoms in total. The second-order valence-corrected chi connectivity index (χ2v) is 8.24. The molecule has 182 valence electrons. The molecule has 0 aromatic heterocycles. The SMILES string of the molecule is CCC(c1ccc(F)cc1F)N1CCN(C(=NC)NCCCOCC2CCOC2)CC1.I. The average Bonchev–Trinajstić information content (AvgIpc) is 3.29. The van der Waals surface area contributed by atoms with Crippen LogP contribution in [0.2, 0.25) is 0 Å². The third-order valence-electron chi connectivity index (χ3n) is 6.10. The van der Waals surface area contributed by atoms with Crippen LogP contribution >= 0.6 is 24.0 Å². The zero-order chi connectivity index (χ0) is 22.1. The average molecular weight is 566 g/mol. The zero-order valence-corrected chi connectivity index (χ0v) is 21.5. The molecule has 9 heteroatoms. The van der Waals surface area contributed by atoms with Gasteiger partial charge >= 0.3 is 0 Å². The van der Waals surface area contributed by atoms with E-state index in [-0.39, 0.29) is 30.0 Å². The van der Waals surface area contributed by atoms with E-state index in [9.17, 15) is 8.78 Å². The predicted octanol–water partition coefficient (Wildman–Crippen LogP) is 3.67. The summed E-state index contributed by atoms with van der Waals surface area (Å²) >= 11 is 0. The first-order valence-corrected chi connectivity index (χ1v) is 11.4. The van der Waals surface area contributed by atoms with E-state index in [1.54, 1.807) is 13.1 Å². The van der Waals surface area contributed by atoms with Crippen LogP contribution in [0.5, 0.6) is 0 Å². The standard InChI is InChI=1S/C23H36F2N4O2.HI/c1-3-22(20-6-5-19(24)15-21(20)25)28-9-11-29(12-10-28)23(26-2)27-8-4-13-30-16-18-7-14-31-17-18;/h5-6,15,18,22H,3-4,7-14,16-17H2,1-2H3,(H,26,27);1H. The van der Waals surface area contributed by atoms with Crippen molar-refractivity contribution in [2.24, 2.45) is 10.9 Å². The number of nitrogens with one attached hydrogen (secondary N) is 1. The highest BCUT2D eigenvalue weighted by Gasteiger charge is 2.27. The molecule has 0 amide bonds. The van der Waals surface area contributed by atoms with E-state index in [0.717, 1.165) is 90.4 Å². The third-order valence-corrected chi connectivity index (χ3v) is 6.10. The molecule has 2 aliphatic heterocycles. The maximum atomic E-state index is 14.3. The molecule has 1 N–H and O–H groups in total. The first-order chi connectivity index (χ1) is 15.1. The number of piperazine rings is 1. The molecule has 32 heavy (non-hydrogen) atoms. The fraction of sp³-hybridized carbons (Fsp3) is 0.696.